The normalized spacial score (nSPS) is 21.5. The minimum atomic E-state index is -1.07. The van der Waals surface area contributed by atoms with E-state index in [4.69, 9.17) is 14.2 Å². The number of Topliss-reactive ketones (excluding diaryl/α,β-unsaturated/α-hetero) is 1. The second kappa shape index (κ2) is 26.1. The number of likely N-dealkylation sites (tertiary alicyclic amines) is 2. The molecule has 1 aromatic rings. The molecule has 3 heterocycles. The maximum atomic E-state index is 14.8. The quantitative estimate of drug-likeness (QED) is 0.0722. The minimum Gasteiger partial charge on any atom is -0.467 e. The maximum absolute atomic E-state index is 14.8. The van der Waals surface area contributed by atoms with Crippen LogP contribution in [0.25, 0.3) is 0 Å². The molecule has 4 rings (SSSR count). The summed E-state index contributed by atoms with van der Waals surface area (Å²) in [6.45, 7) is 12.6. The number of ketones is 1. The zero-order valence-electron chi connectivity index (χ0n) is 42.3. The first-order chi connectivity index (χ1) is 32.3. The van der Waals surface area contributed by atoms with Crippen molar-refractivity contribution in [1.29, 1.82) is 0 Å². The Morgan fingerprint density at radius 3 is 2.13 bits per heavy atom. The molecule has 1 N–H and O–H groups in total. The Morgan fingerprint density at radius 2 is 1.53 bits per heavy atom. The number of carbonyl (C=O) groups is 8. The van der Waals surface area contributed by atoms with Gasteiger partial charge in [0.1, 0.15) is 6.04 Å². The van der Waals surface area contributed by atoms with E-state index >= 15 is 0 Å². The van der Waals surface area contributed by atoms with Crippen molar-refractivity contribution in [2.75, 3.05) is 48.0 Å². The Morgan fingerprint density at radius 1 is 0.853 bits per heavy atom. The fourth-order valence-corrected chi connectivity index (χ4v) is 10.4. The second-order valence-corrected chi connectivity index (χ2v) is 19.6. The molecule has 3 aliphatic heterocycles. The number of rotatable bonds is 26. The molecule has 0 aromatic heterocycles. The van der Waals surface area contributed by atoms with Gasteiger partial charge < -0.3 is 34.2 Å². The van der Waals surface area contributed by atoms with Gasteiger partial charge >= 0.3 is 5.97 Å². The van der Waals surface area contributed by atoms with Crippen LogP contribution in [0.5, 0.6) is 0 Å². The summed E-state index contributed by atoms with van der Waals surface area (Å²) < 4.78 is 17.1. The Hall–Kier alpha value is -4.96. The number of esters is 1. The van der Waals surface area contributed by atoms with E-state index in [-0.39, 0.29) is 72.8 Å². The molecular weight excluding hydrogens is 871 g/mol. The average molecular weight is 950 g/mol. The lowest BCUT2D eigenvalue weighted by Gasteiger charge is -2.45. The molecule has 378 valence electrons. The lowest BCUT2D eigenvalue weighted by molar-refractivity contribution is -0.153. The highest BCUT2D eigenvalue weighted by molar-refractivity contribution is 6.12. The number of hydrogen-bond donors (Lipinski definition) is 1. The molecule has 0 spiro atoms. The summed E-state index contributed by atoms with van der Waals surface area (Å²) in [7, 11) is 6.06. The van der Waals surface area contributed by atoms with Gasteiger partial charge in [0.15, 0.2) is 5.78 Å². The lowest BCUT2D eigenvalue weighted by atomic mass is 9.78. The third-order valence-corrected chi connectivity index (χ3v) is 14.8. The van der Waals surface area contributed by atoms with E-state index in [9.17, 15) is 38.4 Å². The van der Waals surface area contributed by atoms with Gasteiger partial charge in [0.25, 0.3) is 11.8 Å². The van der Waals surface area contributed by atoms with Gasteiger partial charge in [-0.25, -0.2) is 4.79 Å². The molecule has 0 bridgehead atoms. The Balaban J connectivity index is 1.43. The van der Waals surface area contributed by atoms with Crippen LogP contribution in [-0.4, -0.2) is 151 Å². The molecule has 2 fully saturated rings. The van der Waals surface area contributed by atoms with E-state index < -0.39 is 59.6 Å². The van der Waals surface area contributed by atoms with Crippen LogP contribution in [0.3, 0.4) is 0 Å². The van der Waals surface area contributed by atoms with Crippen molar-refractivity contribution in [3.8, 4) is 0 Å². The molecule has 6 amide bonds. The highest BCUT2D eigenvalue weighted by atomic mass is 16.5. The van der Waals surface area contributed by atoms with Gasteiger partial charge in [0, 0.05) is 78.2 Å². The van der Waals surface area contributed by atoms with Crippen molar-refractivity contribution in [3.63, 3.8) is 0 Å². The first-order valence-corrected chi connectivity index (χ1v) is 24.8. The van der Waals surface area contributed by atoms with Crippen LogP contribution in [0.4, 0.5) is 0 Å². The number of nitrogens with zero attached hydrogens (tertiary/aromatic N) is 4. The smallest absolute Gasteiger partial charge is 0.328 e. The lowest BCUT2D eigenvalue weighted by Crippen LogP contribution is -2.58. The molecule has 0 aliphatic carbocycles. The van der Waals surface area contributed by atoms with Gasteiger partial charge in [-0.3, -0.25) is 38.5 Å². The summed E-state index contributed by atoms with van der Waals surface area (Å²) in [5.74, 6) is -4.06. The molecule has 3 aliphatic rings. The first kappa shape index (κ1) is 55.6. The van der Waals surface area contributed by atoms with Crippen LogP contribution in [0.1, 0.15) is 124 Å². The van der Waals surface area contributed by atoms with Gasteiger partial charge in [0.05, 0.1) is 49.3 Å². The van der Waals surface area contributed by atoms with Crippen LogP contribution in [0.15, 0.2) is 42.5 Å². The maximum Gasteiger partial charge on any atom is 0.328 e. The van der Waals surface area contributed by atoms with Crippen molar-refractivity contribution < 1.29 is 52.6 Å². The highest BCUT2D eigenvalue weighted by Crippen LogP contribution is 2.35. The molecule has 0 radical (unpaired) electrons. The summed E-state index contributed by atoms with van der Waals surface area (Å²) in [6.07, 6.45) is 7.33. The summed E-state index contributed by atoms with van der Waals surface area (Å²) in [5.41, 5.74) is -0.216. The van der Waals surface area contributed by atoms with Gasteiger partial charge in [-0.1, -0.05) is 77.8 Å². The summed E-state index contributed by atoms with van der Waals surface area (Å²) in [5, 5.41) is 2.86. The van der Waals surface area contributed by atoms with Crippen LogP contribution >= 0.6 is 0 Å². The number of amides is 6. The summed E-state index contributed by atoms with van der Waals surface area (Å²) in [4.78, 5) is 114. The predicted molar refractivity (Wildman–Crippen MR) is 256 cm³/mol. The molecule has 9 atom stereocenters. The third kappa shape index (κ3) is 13.9. The number of nitrogens with one attached hydrogen (secondary N) is 1. The fraction of sp³-hybridized carbons (Fsp3) is 0.692. The van der Waals surface area contributed by atoms with E-state index in [2.05, 4.69) is 5.32 Å². The fourth-order valence-electron chi connectivity index (χ4n) is 10.4. The molecular formula is C52H79N5O11. The SMILES string of the molecule is CC[C@H](C)[C@@H]([C@@H](CC(=O)N1CCC[C@H]1[C@H](OC)[C@@H](C)C(=O)N[C@@H](Cc1ccccc1)C(=O)OC)OC)N(C)C(=O)[C@@H](CC(=O)[C@]1(C)CCCCN1C(=O)CCCCCN1C(=O)C=CC1=O)C(C)C. The molecule has 16 heteroatoms. The van der Waals surface area contributed by atoms with Crippen LogP contribution in [0, 0.1) is 23.7 Å². The first-order valence-electron chi connectivity index (χ1n) is 24.8. The summed E-state index contributed by atoms with van der Waals surface area (Å²) in [6, 6.07) is 7.46. The van der Waals surface area contributed by atoms with Crippen molar-refractivity contribution >= 4 is 47.2 Å². The van der Waals surface area contributed by atoms with E-state index in [0.717, 1.165) is 18.4 Å². The molecule has 0 saturated carbocycles. The van der Waals surface area contributed by atoms with E-state index in [1.807, 2.05) is 65.0 Å². The van der Waals surface area contributed by atoms with Crippen molar-refractivity contribution in [2.45, 2.75) is 161 Å². The van der Waals surface area contributed by atoms with E-state index in [1.54, 1.807) is 28.7 Å². The zero-order chi connectivity index (χ0) is 50.3. The second-order valence-electron chi connectivity index (χ2n) is 19.6. The Kier molecular flexibility index (Phi) is 21.4. The van der Waals surface area contributed by atoms with Gasteiger partial charge in [-0.05, 0) is 69.3 Å². The largest absolute Gasteiger partial charge is 0.467 e. The minimum absolute atomic E-state index is 0.0374. The average Bonchev–Trinajstić information content (AvgIpc) is 3.94. The van der Waals surface area contributed by atoms with Gasteiger partial charge in [0.2, 0.25) is 23.6 Å². The number of hydrogen-bond acceptors (Lipinski definition) is 11. The van der Waals surface area contributed by atoms with Crippen LogP contribution < -0.4 is 5.32 Å². The molecule has 1 aromatic carbocycles. The number of methoxy groups -OCH3 is 3. The Labute approximate surface area is 404 Å². The number of ether oxygens (including phenoxy) is 3. The third-order valence-electron chi connectivity index (χ3n) is 14.8. The molecule has 2 saturated heterocycles. The number of carbonyl (C=O) groups excluding carboxylic acids is 8. The number of benzene rings is 1. The van der Waals surface area contributed by atoms with E-state index in [1.165, 1.54) is 38.4 Å². The van der Waals surface area contributed by atoms with E-state index in [0.29, 0.717) is 64.6 Å². The molecule has 68 heavy (non-hydrogen) atoms. The van der Waals surface area contributed by atoms with Gasteiger partial charge in [-0.2, -0.15) is 0 Å². The van der Waals surface area contributed by atoms with Gasteiger partial charge in [-0.15, -0.1) is 0 Å². The monoisotopic (exact) mass is 950 g/mol. The number of likely N-dealkylation sites (N-methyl/N-ethyl adjacent to an activating group) is 1. The summed E-state index contributed by atoms with van der Waals surface area (Å²) >= 11 is 0. The molecule has 16 nitrogen and oxygen atoms in total. The van der Waals surface area contributed by atoms with Crippen molar-refractivity contribution in [3.05, 3.63) is 48.0 Å². The topological polar surface area (TPSA) is 189 Å². The standard InChI is InChI=1S/C52H79N5O11/c1-11-35(4)47(41(66-8)33-46(62)55-29-20-23-40(55)48(67-9)36(5)49(63)53-39(51(65)68-10)31-37-21-14-12-15-22-37)54(7)50(64)38(34(2)3)32-42(58)52(6)27-17-19-30-57(52)45(61)24-16-13-18-28-56-43(59)25-26-44(56)60/h12,14-15,21-22,25-26,34-36,38-41,47-48H,11,13,16-20,23-24,27-33H2,1-10H3,(H,53,63)/t35-,36+,38-,39-,40-,41+,47-,48+,52-/m0/s1. The highest BCUT2D eigenvalue weighted by Gasteiger charge is 2.47. The van der Waals surface area contributed by atoms with Crippen LogP contribution in [-0.2, 0) is 59.0 Å². The van der Waals surface area contributed by atoms with Crippen molar-refractivity contribution in [1.82, 2.24) is 24.9 Å². The number of unbranched alkanes of at least 4 members (excludes halogenated alkanes) is 2. The Bertz CT molecular complexity index is 1920. The predicted octanol–water partition coefficient (Wildman–Crippen LogP) is 5.30. The number of imide groups is 1. The van der Waals surface area contributed by atoms with Crippen molar-refractivity contribution in [2.24, 2.45) is 23.7 Å². The number of piperidine rings is 1. The molecule has 0 unspecified atom stereocenters. The zero-order valence-corrected chi connectivity index (χ0v) is 42.3. The van der Waals surface area contributed by atoms with Crippen LogP contribution in [0.2, 0.25) is 0 Å².